The van der Waals surface area contributed by atoms with E-state index in [0.29, 0.717) is 11.4 Å². The quantitative estimate of drug-likeness (QED) is 0.747. The SMILES string of the molecule is COc1ccc(C)cc1NC(=O)[C@@H](C)N(c1ccc(Cl)c(Cl)c1)S(C)(=O)=O. The number of ether oxygens (including phenoxy) is 1. The fourth-order valence-corrected chi connectivity index (χ4v) is 4.05. The van der Waals surface area contributed by atoms with E-state index in [9.17, 15) is 13.2 Å². The van der Waals surface area contributed by atoms with E-state index in [4.69, 9.17) is 27.9 Å². The number of anilines is 2. The van der Waals surface area contributed by atoms with Crippen LogP contribution in [0, 0.1) is 6.92 Å². The monoisotopic (exact) mass is 430 g/mol. The number of amides is 1. The molecule has 27 heavy (non-hydrogen) atoms. The Labute approximate surface area is 169 Å². The fraction of sp³-hybridized carbons (Fsp3) is 0.278. The predicted molar refractivity (Wildman–Crippen MR) is 110 cm³/mol. The number of benzene rings is 2. The lowest BCUT2D eigenvalue weighted by Gasteiger charge is -2.28. The van der Waals surface area contributed by atoms with Gasteiger partial charge in [-0.05, 0) is 49.7 Å². The van der Waals surface area contributed by atoms with Crippen molar-refractivity contribution in [2.45, 2.75) is 19.9 Å². The number of hydrogen-bond acceptors (Lipinski definition) is 4. The van der Waals surface area contributed by atoms with E-state index in [0.717, 1.165) is 16.1 Å². The Kier molecular flexibility index (Phi) is 6.62. The largest absolute Gasteiger partial charge is 0.495 e. The van der Waals surface area contributed by atoms with Gasteiger partial charge in [0, 0.05) is 0 Å². The molecule has 0 unspecified atom stereocenters. The number of methoxy groups -OCH3 is 1. The van der Waals surface area contributed by atoms with Crippen molar-refractivity contribution < 1.29 is 17.9 Å². The maximum absolute atomic E-state index is 12.8. The second-order valence-corrected chi connectivity index (χ2v) is 8.70. The van der Waals surface area contributed by atoms with Gasteiger partial charge in [-0.1, -0.05) is 29.3 Å². The van der Waals surface area contributed by atoms with Crippen molar-refractivity contribution in [3.8, 4) is 5.75 Å². The Morgan fingerprint density at radius 3 is 2.37 bits per heavy atom. The van der Waals surface area contributed by atoms with E-state index in [1.165, 1.54) is 32.2 Å². The summed E-state index contributed by atoms with van der Waals surface area (Å²) in [6, 6.07) is 8.65. The lowest BCUT2D eigenvalue weighted by atomic mass is 10.2. The molecule has 0 saturated heterocycles. The molecule has 0 bridgehead atoms. The number of nitrogens with one attached hydrogen (secondary N) is 1. The van der Waals surface area contributed by atoms with Crippen molar-refractivity contribution >= 4 is 50.5 Å². The first-order valence-electron chi connectivity index (χ1n) is 7.94. The van der Waals surface area contributed by atoms with Crippen molar-refractivity contribution in [1.29, 1.82) is 0 Å². The molecule has 0 fully saturated rings. The molecule has 0 saturated carbocycles. The highest BCUT2D eigenvalue weighted by atomic mass is 35.5. The molecular formula is C18H20Cl2N2O4S. The molecule has 1 atom stereocenters. The minimum absolute atomic E-state index is 0.191. The van der Waals surface area contributed by atoms with Gasteiger partial charge in [0.15, 0.2) is 0 Å². The van der Waals surface area contributed by atoms with Gasteiger partial charge in [-0.25, -0.2) is 8.42 Å². The Hall–Kier alpha value is -1.96. The van der Waals surface area contributed by atoms with Crippen LogP contribution in [0.15, 0.2) is 36.4 Å². The summed E-state index contributed by atoms with van der Waals surface area (Å²) in [6.07, 6.45) is 1.02. The number of nitrogens with zero attached hydrogens (tertiary/aromatic N) is 1. The summed E-state index contributed by atoms with van der Waals surface area (Å²) in [7, 11) is -2.28. The maximum atomic E-state index is 12.8. The van der Waals surface area contributed by atoms with Gasteiger partial charge < -0.3 is 10.1 Å². The number of carbonyl (C=O) groups excluding carboxylic acids is 1. The van der Waals surface area contributed by atoms with Gasteiger partial charge in [-0.2, -0.15) is 0 Å². The summed E-state index contributed by atoms with van der Waals surface area (Å²) < 4.78 is 30.9. The van der Waals surface area contributed by atoms with Gasteiger partial charge in [0.25, 0.3) is 0 Å². The number of hydrogen-bond donors (Lipinski definition) is 1. The third-order valence-corrected chi connectivity index (χ3v) is 5.84. The molecule has 2 aromatic carbocycles. The van der Waals surface area contributed by atoms with Gasteiger partial charge in [-0.3, -0.25) is 9.10 Å². The van der Waals surface area contributed by atoms with E-state index in [1.807, 2.05) is 13.0 Å². The van der Waals surface area contributed by atoms with Crippen LogP contribution in [0.2, 0.25) is 10.0 Å². The van der Waals surface area contributed by atoms with Gasteiger partial charge in [0.2, 0.25) is 15.9 Å². The molecule has 0 aliphatic rings. The first-order valence-corrected chi connectivity index (χ1v) is 10.5. The average molecular weight is 431 g/mol. The second kappa shape index (κ2) is 8.37. The summed E-state index contributed by atoms with van der Waals surface area (Å²) in [6.45, 7) is 3.36. The zero-order chi connectivity index (χ0) is 20.4. The topological polar surface area (TPSA) is 75.7 Å². The lowest BCUT2D eigenvalue weighted by Crippen LogP contribution is -2.45. The van der Waals surface area contributed by atoms with Gasteiger partial charge in [0.1, 0.15) is 11.8 Å². The van der Waals surface area contributed by atoms with E-state index >= 15 is 0 Å². The molecule has 0 aliphatic carbocycles. The van der Waals surface area contributed by atoms with Crippen LogP contribution in [0.4, 0.5) is 11.4 Å². The molecule has 9 heteroatoms. The summed E-state index contributed by atoms with van der Waals surface area (Å²) in [5.41, 5.74) is 1.62. The third kappa shape index (κ3) is 5.06. The molecule has 1 N–H and O–H groups in total. The molecular weight excluding hydrogens is 411 g/mol. The van der Waals surface area contributed by atoms with Crippen LogP contribution in [0.5, 0.6) is 5.75 Å². The van der Waals surface area contributed by atoms with Crippen LogP contribution in [-0.4, -0.2) is 33.7 Å². The molecule has 6 nitrogen and oxygen atoms in total. The van der Waals surface area contributed by atoms with E-state index in [2.05, 4.69) is 5.32 Å². The normalized spacial score (nSPS) is 12.4. The third-order valence-electron chi connectivity index (χ3n) is 3.86. The Bertz CT molecular complexity index is 964. The highest BCUT2D eigenvalue weighted by Crippen LogP contribution is 2.30. The zero-order valence-electron chi connectivity index (χ0n) is 15.3. The number of sulfonamides is 1. The van der Waals surface area contributed by atoms with Crippen LogP contribution in [0.3, 0.4) is 0 Å². The summed E-state index contributed by atoms with van der Waals surface area (Å²) in [5.74, 6) is -0.0445. The molecule has 0 heterocycles. The van der Waals surface area contributed by atoms with Gasteiger partial charge in [-0.15, -0.1) is 0 Å². The van der Waals surface area contributed by atoms with Crippen molar-refractivity contribution in [1.82, 2.24) is 0 Å². The number of carbonyl (C=O) groups is 1. The molecule has 0 radical (unpaired) electrons. The molecule has 0 aliphatic heterocycles. The number of aryl methyl sites for hydroxylation is 1. The van der Waals surface area contributed by atoms with Crippen LogP contribution in [0.1, 0.15) is 12.5 Å². The van der Waals surface area contributed by atoms with Crippen LogP contribution >= 0.6 is 23.2 Å². The molecule has 146 valence electrons. The second-order valence-electron chi connectivity index (χ2n) is 6.03. The minimum Gasteiger partial charge on any atom is -0.495 e. The molecule has 2 aromatic rings. The van der Waals surface area contributed by atoms with Crippen molar-refractivity contribution in [3.05, 3.63) is 52.0 Å². The number of halogens is 2. The van der Waals surface area contributed by atoms with Crippen LogP contribution < -0.4 is 14.4 Å². The van der Waals surface area contributed by atoms with Crippen LogP contribution in [0.25, 0.3) is 0 Å². The van der Waals surface area contributed by atoms with E-state index < -0.39 is 22.0 Å². The Morgan fingerprint density at radius 2 is 1.81 bits per heavy atom. The Morgan fingerprint density at radius 1 is 1.15 bits per heavy atom. The van der Waals surface area contributed by atoms with Gasteiger partial charge >= 0.3 is 0 Å². The lowest BCUT2D eigenvalue weighted by molar-refractivity contribution is -0.116. The highest BCUT2D eigenvalue weighted by Gasteiger charge is 2.30. The van der Waals surface area contributed by atoms with Crippen molar-refractivity contribution in [3.63, 3.8) is 0 Å². The summed E-state index contributed by atoms with van der Waals surface area (Å²) >= 11 is 11.9. The smallest absolute Gasteiger partial charge is 0.248 e. The maximum Gasteiger partial charge on any atom is 0.248 e. The van der Waals surface area contributed by atoms with Crippen LogP contribution in [-0.2, 0) is 14.8 Å². The fourth-order valence-electron chi connectivity index (χ4n) is 2.59. The highest BCUT2D eigenvalue weighted by molar-refractivity contribution is 7.92. The first-order chi connectivity index (χ1) is 12.5. The zero-order valence-corrected chi connectivity index (χ0v) is 17.6. The first kappa shape index (κ1) is 21.3. The predicted octanol–water partition coefficient (Wildman–Crippen LogP) is 4.10. The Balaban J connectivity index is 2.38. The molecule has 0 spiro atoms. The molecule has 1 amide bonds. The van der Waals surface area contributed by atoms with Crippen molar-refractivity contribution in [2.24, 2.45) is 0 Å². The molecule has 2 rings (SSSR count). The summed E-state index contributed by atoms with van der Waals surface area (Å²) in [4.78, 5) is 12.8. The molecule has 0 aromatic heterocycles. The van der Waals surface area contributed by atoms with E-state index in [1.54, 1.807) is 12.1 Å². The van der Waals surface area contributed by atoms with E-state index in [-0.39, 0.29) is 15.7 Å². The van der Waals surface area contributed by atoms with Crippen molar-refractivity contribution in [2.75, 3.05) is 23.0 Å². The standard InChI is InChI=1S/C18H20Cl2N2O4S/c1-11-5-8-17(26-3)16(9-11)21-18(23)12(2)22(27(4,24)25)13-6-7-14(19)15(20)10-13/h5-10,12H,1-4H3,(H,21,23)/t12-/m1/s1. The number of rotatable bonds is 6. The average Bonchev–Trinajstić information content (AvgIpc) is 2.57. The summed E-state index contributed by atoms with van der Waals surface area (Å²) in [5, 5.41) is 3.20. The minimum atomic E-state index is -3.77. The van der Waals surface area contributed by atoms with Gasteiger partial charge in [0.05, 0.1) is 34.8 Å².